The van der Waals surface area contributed by atoms with Crippen molar-refractivity contribution in [3.8, 4) is 0 Å². The van der Waals surface area contributed by atoms with E-state index in [1.165, 1.54) is 89.9 Å². The van der Waals surface area contributed by atoms with Crippen LogP contribution in [0.5, 0.6) is 0 Å². The summed E-state index contributed by atoms with van der Waals surface area (Å²) in [6.45, 7) is 24.5. The van der Waals surface area contributed by atoms with Gasteiger partial charge in [-0.3, -0.25) is 12.2 Å². The summed E-state index contributed by atoms with van der Waals surface area (Å²) in [7, 11) is 0. The van der Waals surface area contributed by atoms with Gasteiger partial charge in [-0.1, -0.05) is 104 Å². The van der Waals surface area contributed by atoms with Gasteiger partial charge < -0.3 is 39.8 Å². The van der Waals surface area contributed by atoms with Gasteiger partial charge >= 0.3 is 34.7 Å². The summed E-state index contributed by atoms with van der Waals surface area (Å²) < 4.78 is 0. The van der Waals surface area contributed by atoms with E-state index in [2.05, 4.69) is 65.8 Å². The van der Waals surface area contributed by atoms with Gasteiger partial charge in [0.15, 0.2) is 0 Å². The maximum absolute atomic E-state index is 3.41. The molecule has 0 saturated carbocycles. The third-order valence-corrected chi connectivity index (χ3v) is 4.11. The van der Waals surface area contributed by atoms with Crippen LogP contribution in [0, 0.1) is 39.8 Å². The molecule has 2 heteroatoms. The normalized spacial score (nSPS) is 8.94. The van der Waals surface area contributed by atoms with E-state index in [-0.39, 0.29) is 34.7 Å². The van der Waals surface area contributed by atoms with Gasteiger partial charge in [0.1, 0.15) is 0 Å². The first-order valence-electron chi connectivity index (χ1n) is 12.8. The molecule has 0 aromatic rings. The van der Waals surface area contributed by atoms with Crippen molar-refractivity contribution in [3.63, 3.8) is 0 Å². The van der Waals surface area contributed by atoms with E-state index in [1.807, 2.05) is 0 Å². The molecular formula is C30H60Al2. The molecule has 0 spiro atoms. The van der Waals surface area contributed by atoms with Crippen LogP contribution in [-0.2, 0) is 0 Å². The van der Waals surface area contributed by atoms with Crippen LogP contribution in [0.25, 0.3) is 0 Å². The molecule has 0 fully saturated rings. The molecule has 0 aromatic carbocycles. The van der Waals surface area contributed by atoms with Crippen molar-refractivity contribution in [2.45, 2.75) is 144 Å². The van der Waals surface area contributed by atoms with E-state index < -0.39 is 0 Å². The zero-order chi connectivity index (χ0) is 24.1. The second kappa shape index (κ2) is 69.7. The van der Waals surface area contributed by atoms with Crippen LogP contribution in [0.4, 0.5) is 0 Å². The SMILES string of the molecule is CCCCCCCCC=[C-]CC[C-]=CCCCCCCCC.[Al+3].[Al+3].[CH2-]C.[CH2-]C.[CH2-]C.[CH2-]C. The van der Waals surface area contributed by atoms with Gasteiger partial charge in [-0.05, 0) is 0 Å². The maximum Gasteiger partial charge on any atom is 3.00 e. The van der Waals surface area contributed by atoms with Crippen LogP contribution < -0.4 is 0 Å². The van der Waals surface area contributed by atoms with Crippen molar-refractivity contribution in [1.82, 2.24) is 0 Å². The van der Waals surface area contributed by atoms with Crippen molar-refractivity contribution >= 4 is 34.7 Å². The van der Waals surface area contributed by atoms with E-state index in [0.29, 0.717) is 0 Å². The number of allylic oxidation sites excluding steroid dienone is 4. The first kappa shape index (κ1) is 49.6. The zero-order valence-electron chi connectivity index (χ0n) is 23.5. The second-order valence-corrected chi connectivity index (χ2v) is 6.43. The molecular weight excluding hydrogens is 414 g/mol. The van der Waals surface area contributed by atoms with E-state index in [9.17, 15) is 0 Å². The van der Waals surface area contributed by atoms with E-state index in [4.69, 9.17) is 0 Å². The van der Waals surface area contributed by atoms with Crippen LogP contribution >= 0.6 is 0 Å². The van der Waals surface area contributed by atoms with E-state index >= 15 is 0 Å². The Kier molecular flexibility index (Phi) is 108. The Balaban J connectivity index is -0.000000112. The predicted octanol–water partition coefficient (Wildman–Crippen LogP) is 10.6. The largest absolute Gasteiger partial charge is 3.00 e. The molecule has 0 unspecified atom stereocenters. The number of rotatable bonds is 17. The Labute approximate surface area is 230 Å². The zero-order valence-corrected chi connectivity index (χ0v) is 25.8. The fourth-order valence-electron chi connectivity index (χ4n) is 2.61. The van der Waals surface area contributed by atoms with Crippen LogP contribution in [0.1, 0.15) is 144 Å². The molecule has 32 heavy (non-hydrogen) atoms. The molecule has 0 heterocycles. The molecule has 0 nitrogen and oxygen atoms in total. The fourth-order valence-corrected chi connectivity index (χ4v) is 2.61. The maximum atomic E-state index is 3.41. The topological polar surface area (TPSA) is 0 Å². The molecule has 0 aliphatic heterocycles. The average molecular weight is 475 g/mol. The molecule has 186 valence electrons. The molecule has 0 aliphatic rings. The van der Waals surface area contributed by atoms with Crippen molar-refractivity contribution in [2.24, 2.45) is 0 Å². The summed E-state index contributed by atoms with van der Waals surface area (Å²) in [5, 5.41) is 0. The monoisotopic (exact) mass is 474 g/mol. The average Bonchev–Trinajstić information content (AvgIpc) is 2.83. The number of hydrogen-bond acceptors (Lipinski definition) is 0. The van der Waals surface area contributed by atoms with Gasteiger partial charge in [0.25, 0.3) is 0 Å². The molecule has 0 radical (unpaired) electrons. The van der Waals surface area contributed by atoms with E-state index in [1.54, 1.807) is 27.7 Å². The Morgan fingerprint density at radius 3 is 0.969 bits per heavy atom. The summed E-state index contributed by atoms with van der Waals surface area (Å²) in [5.74, 6) is 0. The minimum atomic E-state index is 0. The molecule has 0 aliphatic carbocycles. The number of unbranched alkanes of at least 4 members (excludes halogenated alkanes) is 13. The van der Waals surface area contributed by atoms with Gasteiger partial charge in [0, 0.05) is 0 Å². The fraction of sp³-hybridized carbons (Fsp3) is 0.733. The minimum Gasteiger partial charge on any atom is -0.503 e. The van der Waals surface area contributed by atoms with Gasteiger partial charge in [0.05, 0.1) is 0 Å². The minimum absolute atomic E-state index is 0. The Bertz CT molecular complexity index is 221. The van der Waals surface area contributed by atoms with Crippen molar-refractivity contribution in [2.75, 3.05) is 0 Å². The van der Waals surface area contributed by atoms with Gasteiger partial charge in [-0.2, -0.15) is 27.7 Å². The number of hydrogen-bond donors (Lipinski definition) is 0. The third-order valence-electron chi connectivity index (χ3n) is 4.11. The van der Waals surface area contributed by atoms with Gasteiger partial charge in [-0.25, -0.2) is 12.8 Å². The summed E-state index contributed by atoms with van der Waals surface area (Å²) in [5.41, 5.74) is 0. The van der Waals surface area contributed by atoms with Crippen molar-refractivity contribution in [1.29, 1.82) is 0 Å². The Hall–Kier alpha value is 0.545. The van der Waals surface area contributed by atoms with Crippen molar-refractivity contribution < 1.29 is 0 Å². The molecule has 0 aromatic heterocycles. The summed E-state index contributed by atoms with van der Waals surface area (Å²) >= 11 is 0. The second-order valence-electron chi connectivity index (χ2n) is 6.43. The van der Waals surface area contributed by atoms with Crippen molar-refractivity contribution in [3.05, 3.63) is 52.0 Å². The van der Waals surface area contributed by atoms with E-state index in [0.717, 1.165) is 12.8 Å². The van der Waals surface area contributed by atoms with Gasteiger partial charge in [0.2, 0.25) is 0 Å². The van der Waals surface area contributed by atoms with Gasteiger partial charge in [-0.15, -0.1) is 0 Å². The predicted molar refractivity (Wildman–Crippen MR) is 156 cm³/mol. The molecule has 0 rings (SSSR count). The van der Waals surface area contributed by atoms with Crippen LogP contribution in [0.2, 0.25) is 0 Å². The molecule has 0 amide bonds. The van der Waals surface area contributed by atoms with Crippen LogP contribution in [0.15, 0.2) is 12.2 Å². The molecule has 0 atom stereocenters. The Morgan fingerprint density at radius 2 is 0.688 bits per heavy atom. The summed E-state index contributed by atoms with van der Waals surface area (Å²) in [6, 6.07) is 0. The third kappa shape index (κ3) is 69.8. The van der Waals surface area contributed by atoms with Crippen LogP contribution in [-0.4, -0.2) is 34.7 Å². The smallest absolute Gasteiger partial charge is 0.503 e. The first-order valence-corrected chi connectivity index (χ1v) is 12.8. The first-order chi connectivity index (χ1) is 14.9. The summed E-state index contributed by atoms with van der Waals surface area (Å²) in [6.07, 6.45) is 32.5. The molecule has 0 N–H and O–H groups in total. The Morgan fingerprint density at radius 1 is 0.438 bits per heavy atom. The quantitative estimate of drug-likeness (QED) is 0.112. The summed E-state index contributed by atoms with van der Waals surface area (Å²) in [4.78, 5) is 0. The standard InChI is InChI=1S/C22H40.4C2H5.2Al/c1-3-5-7-9-11-13-15-17-19-21-22-20-18-16-14-12-10-8-6-4-2;4*1-2;;/h17-18H,3-16,21-22H2,1-2H3;4*1H2,2H3;;/q-2;4*-1;2*+3. The van der Waals surface area contributed by atoms with Crippen LogP contribution in [0.3, 0.4) is 0 Å². The molecule has 0 saturated heterocycles. The molecule has 0 bridgehead atoms.